The fourth-order valence-electron chi connectivity index (χ4n) is 3.97. The number of nitrogens with zero attached hydrogens (tertiary/aromatic N) is 2. The summed E-state index contributed by atoms with van der Waals surface area (Å²) >= 11 is 0. The van der Waals surface area contributed by atoms with E-state index in [-0.39, 0.29) is 11.4 Å². The Morgan fingerprint density at radius 1 is 1.00 bits per heavy atom. The van der Waals surface area contributed by atoms with Crippen molar-refractivity contribution in [2.24, 2.45) is 0 Å². The van der Waals surface area contributed by atoms with Gasteiger partial charge in [-0.15, -0.1) is 0 Å². The number of hydrogen-bond donors (Lipinski definition) is 1. The summed E-state index contributed by atoms with van der Waals surface area (Å²) in [6.07, 6.45) is 1.22. The van der Waals surface area contributed by atoms with E-state index in [2.05, 4.69) is 5.32 Å². The van der Waals surface area contributed by atoms with Gasteiger partial charge in [0.05, 0.1) is 4.90 Å². The quantitative estimate of drug-likeness (QED) is 0.384. The maximum Gasteiger partial charge on any atom is 0.251 e. The molecule has 9 heteroatoms. The van der Waals surface area contributed by atoms with E-state index in [9.17, 15) is 18.0 Å². The minimum Gasteiger partial charge on any atom is -0.459 e. The molecule has 0 aliphatic rings. The van der Waals surface area contributed by atoms with Crippen molar-refractivity contribution in [3.63, 3.8) is 0 Å². The molecule has 0 aliphatic heterocycles. The van der Waals surface area contributed by atoms with Gasteiger partial charge in [0.15, 0.2) is 0 Å². The third kappa shape index (κ3) is 5.21. The van der Waals surface area contributed by atoms with Gasteiger partial charge in [0, 0.05) is 30.7 Å². The number of benzene rings is 2. The van der Waals surface area contributed by atoms with Crippen LogP contribution >= 0.6 is 0 Å². The van der Waals surface area contributed by atoms with Crippen molar-refractivity contribution in [2.45, 2.75) is 31.3 Å². The summed E-state index contributed by atoms with van der Waals surface area (Å²) in [6, 6.07) is 20.6. The van der Waals surface area contributed by atoms with Crippen LogP contribution in [0.2, 0.25) is 0 Å². The van der Waals surface area contributed by atoms with Crippen molar-refractivity contribution in [3.05, 3.63) is 101 Å². The van der Waals surface area contributed by atoms with Crippen LogP contribution in [-0.4, -0.2) is 36.3 Å². The van der Waals surface area contributed by atoms with Crippen molar-refractivity contribution >= 4 is 26.9 Å². The summed E-state index contributed by atoms with van der Waals surface area (Å²) in [5, 5.41) is 3.84. The molecular weight excluding hydrogens is 466 g/mol. The molecule has 1 atom stereocenters. The molecule has 0 aliphatic carbocycles. The molecule has 1 amide bonds. The van der Waals surface area contributed by atoms with Gasteiger partial charge >= 0.3 is 0 Å². The molecule has 1 unspecified atom stereocenters. The molecule has 8 nitrogen and oxygen atoms in total. The number of nitrogens with one attached hydrogen (secondary N) is 1. The molecule has 4 aromatic rings. The van der Waals surface area contributed by atoms with Crippen LogP contribution in [0.15, 0.2) is 93.1 Å². The second-order valence-corrected chi connectivity index (χ2v) is 9.96. The first-order chi connectivity index (χ1) is 16.8. The van der Waals surface area contributed by atoms with E-state index in [4.69, 9.17) is 4.42 Å². The fourth-order valence-corrected chi connectivity index (χ4v) is 5.45. The third-order valence-electron chi connectivity index (χ3n) is 5.78. The van der Waals surface area contributed by atoms with Crippen LogP contribution in [0.25, 0.3) is 11.0 Å². The normalized spacial score (nSPS) is 12.7. The van der Waals surface area contributed by atoms with E-state index in [1.807, 2.05) is 60.7 Å². The Kier molecular flexibility index (Phi) is 7.18. The third-order valence-corrected chi connectivity index (χ3v) is 7.81. The Balaban J connectivity index is 1.63. The molecule has 2 aromatic heterocycles. The molecule has 0 spiro atoms. The Morgan fingerprint density at radius 2 is 1.69 bits per heavy atom. The second-order valence-electron chi connectivity index (χ2n) is 8.02. The Labute approximate surface area is 203 Å². The average molecular weight is 494 g/mol. The van der Waals surface area contributed by atoms with Crippen LogP contribution in [0, 0.1) is 0 Å². The molecule has 0 fully saturated rings. The van der Waals surface area contributed by atoms with E-state index in [0.717, 1.165) is 21.6 Å². The van der Waals surface area contributed by atoms with Gasteiger partial charge in [-0.1, -0.05) is 62.4 Å². The molecule has 0 saturated heterocycles. The summed E-state index contributed by atoms with van der Waals surface area (Å²) < 4.78 is 34.2. The van der Waals surface area contributed by atoms with Gasteiger partial charge < -0.3 is 14.3 Å². The first-order valence-electron chi connectivity index (χ1n) is 11.4. The van der Waals surface area contributed by atoms with Gasteiger partial charge in [-0.05, 0) is 23.8 Å². The molecule has 4 rings (SSSR count). The van der Waals surface area contributed by atoms with Gasteiger partial charge in [-0.25, -0.2) is 8.42 Å². The van der Waals surface area contributed by atoms with Crippen LogP contribution in [-0.2, 0) is 21.4 Å². The maximum atomic E-state index is 13.1. The molecule has 35 heavy (non-hydrogen) atoms. The van der Waals surface area contributed by atoms with Gasteiger partial charge in [0.2, 0.25) is 15.9 Å². The van der Waals surface area contributed by atoms with E-state index >= 15 is 0 Å². The summed E-state index contributed by atoms with van der Waals surface area (Å²) in [6.45, 7) is 3.74. The van der Waals surface area contributed by atoms with Gasteiger partial charge in [-0.3, -0.25) is 9.59 Å². The SMILES string of the molecule is CCN(CC)S(=O)(=O)c1ccc(=O)n(CC(=O)NC(c2ccccc2)c2cc3ccccc3o2)c1. The largest absolute Gasteiger partial charge is 0.459 e. The number of carbonyl (C=O) groups is 1. The number of fused-ring (bicyclic) bond motifs is 1. The highest BCUT2D eigenvalue weighted by molar-refractivity contribution is 7.89. The summed E-state index contributed by atoms with van der Waals surface area (Å²) in [7, 11) is -3.77. The first kappa shape index (κ1) is 24.4. The Bertz CT molecular complexity index is 1460. The van der Waals surface area contributed by atoms with Gasteiger partial charge in [0.1, 0.15) is 23.9 Å². The lowest BCUT2D eigenvalue weighted by molar-refractivity contribution is -0.122. The zero-order valence-corrected chi connectivity index (χ0v) is 20.4. The highest BCUT2D eigenvalue weighted by Crippen LogP contribution is 2.28. The average Bonchev–Trinajstić information content (AvgIpc) is 3.29. The summed E-state index contributed by atoms with van der Waals surface area (Å²) in [5.41, 5.74) is 1.03. The standard InChI is InChI=1S/C26H27N3O5S/c1-3-29(4-2)35(32,33)21-14-15-25(31)28(17-21)18-24(30)27-26(19-10-6-5-7-11-19)23-16-20-12-8-9-13-22(20)34-23/h5-17,26H,3-4,18H2,1-2H3,(H,27,30). The molecule has 0 saturated carbocycles. The number of furan rings is 1. The fraction of sp³-hybridized carbons (Fsp3) is 0.231. The molecular formula is C26H27N3O5S. The van der Waals surface area contributed by atoms with Crippen LogP contribution in [0.1, 0.15) is 31.2 Å². The minimum atomic E-state index is -3.77. The van der Waals surface area contributed by atoms with Crippen LogP contribution in [0.3, 0.4) is 0 Å². The monoisotopic (exact) mass is 493 g/mol. The van der Waals surface area contributed by atoms with Crippen LogP contribution in [0.5, 0.6) is 0 Å². The van der Waals surface area contributed by atoms with Crippen molar-refractivity contribution < 1.29 is 17.6 Å². The van der Waals surface area contributed by atoms with E-state index in [0.29, 0.717) is 24.4 Å². The Hall–Kier alpha value is -3.69. The van der Waals surface area contributed by atoms with E-state index in [1.165, 1.54) is 16.6 Å². The van der Waals surface area contributed by atoms with Crippen molar-refractivity contribution in [1.82, 2.24) is 14.2 Å². The predicted octanol–water partition coefficient (Wildman–Crippen LogP) is 3.53. The Morgan fingerprint density at radius 3 is 2.37 bits per heavy atom. The number of amides is 1. The van der Waals surface area contributed by atoms with Gasteiger partial charge in [-0.2, -0.15) is 4.31 Å². The number of para-hydroxylation sites is 1. The second kappa shape index (κ2) is 10.3. The molecule has 2 aromatic carbocycles. The number of aromatic nitrogens is 1. The lowest BCUT2D eigenvalue weighted by Crippen LogP contribution is -2.36. The van der Waals surface area contributed by atoms with Crippen LogP contribution < -0.4 is 10.9 Å². The van der Waals surface area contributed by atoms with Crippen molar-refractivity contribution in [1.29, 1.82) is 0 Å². The summed E-state index contributed by atoms with van der Waals surface area (Å²) in [5.74, 6) is 0.0924. The molecule has 182 valence electrons. The minimum absolute atomic E-state index is 0.0366. The number of hydrogen-bond acceptors (Lipinski definition) is 5. The number of sulfonamides is 1. The lowest BCUT2D eigenvalue weighted by Gasteiger charge is -2.20. The number of rotatable bonds is 9. The van der Waals surface area contributed by atoms with Crippen molar-refractivity contribution in [3.8, 4) is 0 Å². The van der Waals surface area contributed by atoms with Gasteiger partial charge in [0.25, 0.3) is 5.56 Å². The van der Waals surface area contributed by atoms with Crippen molar-refractivity contribution in [2.75, 3.05) is 13.1 Å². The number of pyridine rings is 1. The molecule has 1 N–H and O–H groups in total. The predicted molar refractivity (Wildman–Crippen MR) is 133 cm³/mol. The highest BCUT2D eigenvalue weighted by Gasteiger charge is 2.24. The molecule has 2 heterocycles. The van der Waals surface area contributed by atoms with E-state index in [1.54, 1.807) is 13.8 Å². The lowest BCUT2D eigenvalue weighted by atomic mass is 10.0. The first-order valence-corrected chi connectivity index (χ1v) is 12.8. The zero-order chi connectivity index (χ0) is 25.0. The zero-order valence-electron chi connectivity index (χ0n) is 19.5. The maximum absolute atomic E-state index is 13.1. The number of carbonyl (C=O) groups excluding carboxylic acids is 1. The molecule has 0 bridgehead atoms. The smallest absolute Gasteiger partial charge is 0.251 e. The highest BCUT2D eigenvalue weighted by atomic mass is 32.2. The molecule has 0 radical (unpaired) electrons. The summed E-state index contributed by atoms with van der Waals surface area (Å²) in [4.78, 5) is 25.5. The topological polar surface area (TPSA) is 102 Å². The van der Waals surface area contributed by atoms with E-state index < -0.39 is 27.5 Å². The van der Waals surface area contributed by atoms with Crippen LogP contribution in [0.4, 0.5) is 0 Å².